The molecule has 0 spiro atoms. The number of aliphatic hydroxyl groups is 1. The number of halogens is 1. The Labute approximate surface area is 176 Å². The van der Waals surface area contributed by atoms with Crippen molar-refractivity contribution in [2.45, 2.75) is 58.1 Å². The molecule has 0 bridgehead atoms. The number of benzene rings is 1. The molecule has 29 heavy (non-hydrogen) atoms. The van der Waals surface area contributed by atoms with Gasteiger partial charge in [0.2, 0.25) is 0 Å². The van der Waals surface area contributed by atoms with Gasteiger partial charge in [0, 0.05) is 41.4 Å². The van der Waals surface area contributed by atoms with Crippen LogP contribution >= 0.6 is 11.6 Å². The van der Waals surface area contributed by atoms with E-state index in [4.69, 9.17) is 26.5 Å². The van der Waals surface area contributed by atoms with Gasteiger partial charge >= 0.3 is 5.97 Å². The summed E-state index contributed by atoms with van der Waals surface area (Å²) in [6.45, 7) is 4.70. The van der Waals surface area contributed by atoms with Gasteiger partial charge < -0.3 is 25.3 Å². The van der Waals surface area contributed by atoms with Crippen molar-refractivity contribution in [2.75, 3.05) is 18.5 Å². The number of nitrogens with one attached hydrogen (secondary N) is 2. The zero-order chi connectivity index (χ0) is 21.0. The normalized spacial score (nSPS) is 24.9. The topological polar surface area (TPSA) is 91.6 Å². The Morgan fingerprint density at radius 3 is 2.86 bits per heavy atom. The number of carbonyl (C=O) groups is 1. The monoisotopic (exact) mass is 420 g/mol. The molecule has 2 unspecified atom stereocenters. The average molecular weight is 421 g/mol. The molecule has 1 heterocycles. The third kappa shape index (κ3) is 4.59. The largest absolute Gasteiger partial charge is 0.512 e. The molecule has 0 saturated carbocycles. The Morgan fingerprint density at radius 1 is 1.41 bits per heavy atom. The Balaban J connectivity index is 2.07. The van der Waals surface area contributed by atoms with Crippen molar-refractivity contribution in [1.29, 1.82) is 5.41 Å². The molecule has 6 nitrogen and oxygen atoms in total. The Morgan fingerprint density at radius 2 is 2.21 bits per heavy atom. The third-order valence-corrected chi connectivity index (χ3v) is 6.04. The van der Waals surface area contributed by atoms with Crippen molar-refractivity contribution < 1.29 is 19.4 Å². The highest BCUT2D eigenvalue weighted by Gasteiger charge is 2.38. The second-order valence-corrected chi connectivity index (χ2v) is 8.05. The fourth-order valence-corrected chi connectivity index (χ4v) is 4.53. The first-order valence-corrected chi connectivity index (χ1v) is 10.7. The number of rotatable bonds is 6. The lowest BCUT2D eigenvalue weighted by Crippen LogP contribution is -2.29. The highest BCUT2D eigenvalue weighted by atomic mass is 35.5. The summed E-state index contributed by atoms with van der Waals surface area (Å²) in [6, 6.07) is 3.61. The lowest BCUT2D eigenvalue weighted by Gasteiger charge is -2.33. The quantitative estimate of drug-likeness (QED) is 0.436. The average Bonchev–Trinajstić information content (AvgIpc) is 2.71. The maximum Gasteiger partial charge on any atom is 0.338 e. The van der Waals surface area contributed by atoms with Gasteiger partial charge in [0.25, 0.3) is 0 Å². The van der Waals surface area contributed by atoms with E-state index in [-0.39, 0.29) is 30.1 Å². The molecule has 3 atom stereocenters. The molecule has 1 aromatic rings. The van der Waals surface area contributed by atoms with E-state index in [2.05, 4.69) is 5.32 Å². The molecular weight excluding hydrogens is 392 g/mol. The van der Waals surface area contributed by atoms with E-state index in [9.17, 15) is 9.90 Å². The predicted molar refractivity (Wildman–Crippen MR) is 114 cm³/mol. The number of allylic oxidation sites excluding steroid dienone is 1. The first kappa shape index (κ1) is 21.7. The highest BCUT2D eigenvalue weighted by molar-refractivity contribution is 6.32. The fourth-order valence-electron chi connectivity index (χ4n) is 4.25. The van der Waals surface area contributed by atoms with Gasteiger partial charge in [-0.3, -0.25) is 0 Å². The van der Waals surface area contributed by atoms with Gasteiger partial charge in [-0.1, -0.05) is 18.5 Å². The van der Waals surface area contributed by atoms with Crippen LogP contribution in [0.5, 0.6) is 0 Å². The summed E-state index contributed by atoms with van der Waals surface area (Å²) in [5, 5.41) is 22.5. The van der Waals surface area contributed by atoms with Crippen LogP contribution < -0.4 is 5.32 Å². The van der Waals surface area contributed by atoms with Crippen LogP contribution in [0.2, 0.25) is 5.02 Å². The van der Waals surface area contributed by atoms with Gasteiger partial charge in [-0.15, -0.1) is 0 Å². The summed E-state index contributed by atoms with van der Waals surface area (Å²) in [7, 11) is 0. The summed E-state index contributed by atoms with van der Waals surface area (Å²) >= 11 is 6.60. The maximum atomic E-state index is 12.7. The van der Waals surface area contributed by atoms with E-state index in [0.717, 1.165) is 31.4 Å². The molecule has 3 rings (SSSR count). The highest BCUT2D eigenvalue weighted by Crippen LogP contribution is 2.46. The number of ether oxygens (including phenoxy) is 2. The zero-order valence-corrected chi connectivity index (χ0v) is 17.7. The molecule has 1 fully saturated rings. The maximum absolute atomic E-state index is 12.7. The van der Waals surface area contributed by atoms with Crippen LogP contribution in [0.15, 0.2) is 23.5 Å². The molecule has 0 aromatic heterocycles. The van der Waals surface area contributed by atoms with Gasteiger partial charge in [0.05, 0.1) is 12.2 Å². The van der Waals surface area contributed by atoms with Crippen molar-refractivity contribution in [3.05, 3.63) is 39.6 Å². The minimum Gasteiger partial charge on any atom is -0.512 e. The van der Waals surface area contributed by atoms with Crippen LogP contribution in [0.25, 0.3) is 0 Å². The van der Waals surface area contributed by atoms with Crippen molar-refractivity contribution in [2.24, 2.45) is 5.92 Å². The third-order valence-electron chi connectivity index (χ3n) is 5.71. The van der Waals surface area contributed by atoms with Crippen molar-refractivity contribution in [3.63, 3.8) is 0 Å². The molecule has 0 amide bonds. The van der Waals surface area contributed by atoms with Gasteiger partial charge in [-0.05, 0) is 56.2 Å². The van der Waals surface area contributed by atoms with Crippen LogP contribution in [0.1, 0.15) is 63.0 Å². The van der Waals surface area contributed by atoms with E-state index < -0.39 is 11.9 Å². The molecule has 1 aliphatic heterocycles. The van der Waals surface area contributed by atoms with Crippen LogP contribution in [0.3, 0.4) is 0 Å². The fraction of sp³-hybridized carbons (Fsp3) is 0.545. The molecule has 1 saturated heterocycles. The second-order valence-electron chi connectivity index (χ2n) is 7.64. The number of carbonyl (C=O) groups excluding carboxylic acids is 1. The predicted octanol–water partition coefficient (Wildman–Crippen LogP) is 5.16. The number of hydrogen-bond donors (Lipinski definition) is 3. The smallest absolute Gasteiger partial charge is 0.338 e. The van der Waals surface area contributed by atoms with Gasteiger partial charge in [0.15, 0.2) is 0 Å². The van der Waals surface area contributed by atoms with Crippen molar-refractivity contribution in [1.82, 2.24) is 0 Å². The number of hydrogen-bond acceptors (Lipinski definition) is 6. The Bertz CT molecular complexity index is 802. The molecule has 0 radical (unpaired) electrons. The minimum atomic E-state index is -0.525. The van der Waals surface area contributed by atoms with Crippen LogP contribution in [0.4, 0.5) is 5.69 Å². The standard InChI is InChI=1S/C22H29ClN2O4/c1-3-28-22(27)21-17(26)10-7-13(2)19(21)20-14(12-24)16(9-8-15(20)23)25-18-6-4-5-11-29-18/h8-9,12-13,18-19,24-26H,3-7,10-11H2,1-2H3/t13-,18?,19?/m1/s1. The zero-order valence-electron chi connectivity index (χ0n) is 17.0. The lowest BCUT2D eigenvalue weighted by atomic mass is 9.73. The molecule has 1 aliphatic carbocycles. The molecule has 1 aromatic carbocycles. The molecular formula is C22H29ClN2O4. The number of esters is 1. The van der Waals surface area contributed by atoms with E-state index in [1.165, 1.54) is 6.21 Å². The molecule has 3 N–H and O–H groups in total. The molecule has 158 valence electrons. The minimum absolute atomic E-state index is 0.0486. The number of aliphatic hydroxyl groups excluding tert-OH is 1. The van der Waals surface area contributed by atoms with E-state index >= 15 is 0 Å². The Kier molecular flexibility index (Phi) is 7.19. The Hall–Kier alpha value is -2.05. The summed E-state index contributed by atoms with van der Waals surface area (Å²) in [5.41, 5.74) is 2.28. The summed E-state index contributed by atoms with van der Waals surface area (Å²) in [5.74, 6) is -0.862. The summed E-state index contributed by atoms with van der Waals surface area (Å²) in [6.07, 6.45) is 5.31. The van der Waals surface area contributed by atoms with Crippen molar-refractivity contribution in [3.8, 4) is 0 Å². The van der Waals surface area contributed by atoms with Crippen LogP contribution in [0, 0.1) is 11.3 Å². The van der Waals surface area contributed by atoms with Crippen LogP contribution in [-0.2, 0) is 14.3 Å². The first-order chi connectivity index (χ1) is 14.0. The van der Waals surface area contributed by atoms with Crippen LogP contribution in [-0.4, -0.2) is 36.7 Å². The summed E-state index contributed by atoms with van der Waals surface area (Å²) < 4.78 is 11.0. The van der Waals surface area contributed by atoms with Gasteiger partial charge in [-0.2, -0.15) is 0 Å². The summed E-state index contributed by atoms with van der Waals surface area (Å²) in [4.78, 5) is 12.7. The second kappa shape index (κ2) is 9.63. The molecule has 2 aliphatic rings. The lowest BCUT2D eigenvalue weighted by molar-refractivity contribution is -0.139. The van der Waals surface area contributed by atoms with Gasteiger partial charge in [0.1, 0.15) is 12.0 Å². The van der Waals surface area contributed by atoms with E-state index in [1.807, 2.05) is 13.0 Å². The number of anilines is 1. The van der Waals surface area contributed by atoms with Gasteiger partial charge in [-0.25, -0.2) is 4.79 Å². The van der Waals surface area contributed by atoms with E-state index in [1.54, 1.807) is 13.0 Å². The first-order valence-electron chi connectivity index (χ1n) is 10.3. The van der Waals surface area contributed by atoms with E-state index in [0.29, 0.717) is 29.2 Å². The van der Waals surface area contributed by atoms with Crippen molar-refractivity contribution >= 4 is 29.5 Å². The SMILES string of the molecule is CCOC(=O)C1=C(O)CC[C@@H](C)C1c1c(Cl)ccc(NC2CCCCO2)c1C=N. The molecule has 7 heteroatoms.